The van der Waals surface area contributed by atoms with Gasteiger partial charge in [0.2, 0.25) is 0 Å². The maximum atomic E-state index is 12.8. The van der Waals surface area contributed by atoms with Gasteiger partial charge >= 0.3 is 17.9 Å². The Morgan fingerprint density at radius 1 is 0.385 bits per heavy atom. The third-order valence-electron chi connectivity index (χ3n) is 14.2. The molecule has 0 aliphatic rings. The second-order valence-corrected chi connectivity index (χ2v) is 21.3. The Balaban J connectivity index is 2.58. The Morgan fingerprint density at radius 3 is 1.17 bits per heavy atom. The first kappa shape index (κ1) is 73.0. The predicted molar refractivity (Wildman–Crippen MR) is 317 cm³/mol. The van der Waals surface area contributed by atoms with Crippen LogP contribution in [-0.4, -0.2) is 108 Å². The van der Waals surface area contributed by atoms with Crippen LogP contribution in [0, 0.1) is 0 Å². The van der Waals surface area contributed by atoms with Crippen molar-refractivity contribution in [2.45, 2.75) is 292 Å². The topological polar surface area (TPSA) is 138 Å². The lowest BCUT2D eigenvalue weighted by Gasteiger charge is -2.18. The molecular formula is C65H119NO12. The van der Waals surface area contributed by atoms with E-state index in [0.717, 1.165) is 122 Å². The van der Waals surface area contributed by atoms with Crippen molar-refractivity contribution in [3.8, 4) is 11.5 Å². The lowest BCUT2D eigenvalue weighted by Crippen LogP contribution is -2.24. The third-order valence-corrected chi connectivity index (χ3v) is 14.2. The molecule has 456 valence electrons. The molecule has 1 aromatic carbocycles. The van der Waals surface area contributed by atoms with E-state index in [1.807, 2.05) is 18.2 Å². The second-order valence-electron chi connectivity index (χ2n) is 21.3. The summed E-state index contributed by atoms with van der Waals surface area (Å²) in [4.78, 5) is 40.5. The van der Waals surface area contributed by atoms with Gasteiger partial charge in [0.05, 0.1) is 39.3 Å². The van der Waals surface area contributed by atoms with Crippen molar-refractivity contribution in [1.29, 1.82) is 0 Å². The van der Waals surface area contributed by atoms with Gasteiger partial charge in [0, 0.05) is 51.3 Å². The van der Waals surface area contributed by atoms with Crippen molar-refractivity contribution >= 4 is 17.9 Å². The molecule has 78 heavy (non-hydrogen) atoms. The fourth-order valence-electron chi connectivity index (χ4n) is 9.06. The number of carbonyl (C=O) groups excluding carboxylic acids is 3. The summed E-state index contributed by atoms with van der Waals surface area (Å²) in [5.74, 6) is 0.655. The van der Waals surface area contributed by atoms with Gasteiger partial charge < -0.3 is 47.5 Å². The van der Waals surface area contributed by atoms with Gasteiger partial charge in [-0.25, -0.2) is 0 Å². The van der Waals surface area contributed by atoms with Crippen molar-refractivity contribution in [2.24, 2.45) is 0 Å². The van der Waals surface area contributed by atoms with E-state index in [0.29, 0.717) is 83.6 Å². The van der Waals surface area contributed by atoms with Gasteiger partial charge in [0.1, 0.15) is 18.1 Å². The van der Waals surface area contributed by atoms with Crippen LogP contribution < -0.4 is 9.47 Å². The van der Waals surface area contributed by atoms with Crippen molar-refractivity contribution in [2.75, 3.05) is 72.5 Å². The molecule has 0 amide bonds. The SMILES string of the molecule is CCCCCCCCOC(CCC(=O)OCCCCCOc1ccc(OCCCCCOC(=O)CCC(OCCCCCCCC)OCCCCCCCC)c(COC(=O)CCCN(CC)CC)c1)OCCCCCCCC. The van der Waals surface area contributed by atoms with Crippen LogP contribution in [-0.2, 0) is 54.1 Å². The molecule has 1 rings (SSSR count). The van der Waals surface area contributed by atoms with Gasteiger partial charge in [-0.15, -0.1) is 0 Å². The smallest absolute Gasteiger partial charge is 0.306 e. The summed E-state index contributed by atoms with van der Waals surface area (Å²) in [6.07, 6.45) is 35.5. The highest BCUT2D eigenvalue weighted by Crippen LogP contribution is 2.26. The van der Waals surface area contributed by atoms with E-state index in [2.05, 4.69) is 46.4 Å². The first-order valence-corrected chi connectivity index (χ1v) is 32.3. The number of hydrogen-bond donors (Lipinski definition) is 0. The minimum Gasteiger partial charge on any atom is -0.494 e. The Kier molecular flexibility index (Phi) is 52.4. The Hall–Kier alpha value is -2.97. The summed E-state index contributed by atoms with van der Waals surface area (Å²) in [5, 5.41) is 0. The molecule has 0 fully saturated rings. The maximum absolute atomic E-state index is 12.8. The molecular weight excluding hydrogens is 987 g/mol. The predicted octanol–water partition coefficient (Wildman–Crippen LogP) is 16.8. The minimum absolute atomic E-state index is 0.0875. The molecule has 0 heterocycles. The normalized spacial score (nSPS) is 11.6. The Labute approximate surface area is 477 Å². The lowest BCUT2D eigenvalue weighted by molar-refractivity contribution is -0.159. The van der Waals surface area contributed by atoms with Crippen molar-refractivity contribution in [3.63, 3.8) is 0 Å². The van der Waals surface area contributed by atoms with Gasteiger partial charge in [-0.1, -0.05) is 170 Å². The van der Waals surface area contributed by atoms with Gasteiger partial charge in [-0.05, 0) is 108 Å². The van der Waals surface area contributed by atoms with Crippen molar-refractivity contribution in [3.05, 3.63) is 23.8 Å². The van der Waals surface area contributed by atoms with Crippen molar-refractivity contribution in [1.82, 2.24) is 4.90 Å². The highest BCUT2D eigenvalue weighted by molar-refractivity contribution is 5.70. The third kappa shape index (κ3) is 45.7. The van der Waals surface area contributed by atoms with Crippen LogP contribution in [0.1, 0.15) is 278 Å². The molecule has 0 saturated carbocycles. The monoisotopic (exact) mass is 1110 g/mol. The van der Waals surface area contributed by atoms with E-state index in [1.54, 1.807) is 0 Å². The molecule has 13 heteroatoms. The molecule has 0 N–H and O–H groups in total. The lowest BCUT2D eigenvalue weighted by atomic mass is 10.1. The zero-order chi connectivity index (χ0) is 56.6. The summed E-state index contributed by atoms with van der Waals surface area (Å²) >= 11 is 0. The number of rotatable bonds is 60. The van der Waals surface area contributed by atoms with Gasteiger partial charge in [0.15, 0.2) is 12.6 Å². The van der Waals surface area contributed by atoms with Crippen LogP contribution in [0.5, 0.6) is 11.5 Å². The summed E-state index contributed by atoms with van der Waals surface area (Å²) < 4.78 is 53.8. The fourth-order valence-corrected chi connectivity index (χ4v) is 9.06. The second kappa shape index (κ2) is 55.9. The molecule has 0 aliphatic heterocycles. The van der Waals surface area contributed by atoms with E-state index in [-0.39, 0.29) is 49.9 Å². The molecule has 1 aromatic rings. The summed E-state index contributed by atoms with van der Waals surface area (Å²) in [7, 11) is 0. The number of unbranched alkanes of at least 4 members (excludes halogenated alkanes) is 24. The Morgan fingerprint density at radius 2 is 0.744 bits per heavy atom. The number of hydrogen-bond acceptors (Lipinski definition) is 13. The molecule has 0 bridgehead atoms. The van der Waals surface area contributed by atoms with E-state index < -0.39 is 0 Å². The molecule has 13 nitrogen and oxygen atoms in total. The molecule has 0 aliphatic carbocycles. The molecule has 0 radical (unpaired) electrons. The molecule has 0 atom stereocenters. The largest absolute Gasteiger partial charge is 0.494 e. The van der Waals surface area contributed by atoms with Crippen LogP contribution >= 0.6 is 0 Å². The van der Waals surface area contributed by atoms with Crippen molar-refractivity contribution < 1.29 is 57.0 Å². The van der Waals surface area contributed by atoms with Gasteiger partial charge in [0.25, 0.3) is 0 Å². The van der Waals surface area contributed by atoms with E-state index in [1.165, 1.54) is 103 Å². The summed E-state index contributed by atoms with van der Waals surface area (Å²) in [6.45, 7) is 20.4. The van der Waals surface area contributed by atoms with E-state index in [4.69, 9.17) is 42.6 Å². The number of esters is 3. The summed E-state index contributed by atoms with van der Waals surface area (Å²) in [6, 6.07) is 5.66. The first-order valence-electron chi connectivity index (χ1n) is 32.3. The average Bonchev–Trinajstić information content (AvgIpc) is 3.45. The fraction of sp³-hybridized carbons (Fsp3) is 0.862. The summed E-state index contributed by atoms with van der Waals surface area (Å²) in [5.41, 5.74) is 0.749. The van der Waals surface area contributed by atoms with Crippen LogP contribution in [0.4, 0.5) is 0 Å². The van der Waals surface area contributed by atoms with Crippen LogP contribution in [0.25, 0.3) is 0 Å². The molecule has 0 unspecified atom stereocenters. The zero-order valence-corrected chi connectivity index (χ0v) is 51.2. The van der Waals surface area contributed by atoms with Gasteiger partial charge in [-0.2, -0.15) is 0 Å². The first-order chi connectivity index (χ1) is 38.3. The number of ether oxygens (including phenoxy) is 9. The number of nitrogens with zero attached hydrogens (tertiary/aromatic N) is 1. The highest BCUT2D eigenvalue weighted by atomic mass is 16.7. The molecule has 0 aromatic heterocycles. The van der Waals surface area contributed by atoms with E-state index in [9.17, 15) is 14.4 Å². The van der Waals surface area contributed by atoms with Crippen LogP contribution in [0.15, 0.2) is 18.2 Å². The standard InChI is InChI=1S/C65H119NO12/c1-7-13-17-21-25-31-52-74-64(75-53-32-26-22-18-14-8-2)45-43-62(68)72-50-37-29-35-48-70-59-41-42-60(58(56-59)57-78-61(67)40-39-47-66(11-5)12-6)71-49-36-30-38-51-73-63(69)44-46-65(76-54-33-27-23-19-15-9-3)77-55-34-28-24-20-16-10-4/h41-42,56,64-65H,7-40,43-55,57H2,1-6H3. The zero-order valence-electron chi connectivity index (χ0n) is 51.2. The molecule has 0 spiro atoms. The maximum Gasteiger partial charge on any atom is 0.306 e. The number of carbonyl (C=O) groups is 3. The quantitative estimate of drug-likeness (QED) is 0.0265. The Bertz CT molecular complexity index is 1460. The van der Waals surface area contributed by atoms with Crippen LogP contribution in [0.3, 0.4) is 0 Å². The van der Waals surface area contributed by atoms with Gasteiger partial charge in [-0.3, -0.25) is 14.4 Å². The number of benzene rings is 1. The highest BCUT2D eigenvalue weighted by Gasteiger charge is 2.16. The van der Waals surface area contributed by atoms with Crippen LogP contribution in [0.2, 0.25) is 0 Å². The molecule has 0 saturated heterocycles. The minimum atomic E-state index is -0.377. The average molecular weight is 1110 g/mol. The van der Waals surface area contributed by atoms with E-state index >= 15 is 0 Å².